The number of aryl methyl sites for hydroxylation is 1. The maximum Gasteiger partial charge on any atom is 0.262 e. The van der Waals surface area contributed by atoms with E-state index in [0.717, 1.165) is 11.3 Å². The van der Waals surface area contributed by atoms with E-state index in [-0.39, 0.29) is 5.56 Å². The summed E-state index contributed by atoms with van der Waals surface area (Å²) >= 11 is 7.48. The molecule has 0 amide bonds. The van der Waals surface area contributed by atoms with Crippen LogP contribution in [0.4, 0.5) is 0 Å². The number of thiophene rings is 1. The number of rotatable bonds is 5. The zero-order valence-electron chi connectivity index (χ0n) is 12.1. The predicted octanol–water partition coefficient (Wildman–Crippen LogP) is 3.75. The first-order chi connectivity index (χ1) is 10.7. The molecule has 3 rings (SSSR count). The third kappa shape index (κ3) is 3.15. The standard InChI is InChI=1S/C16H15ClN2O2S/c1-2-13-9-14-15(22-13)18-10-19(16(14)20)6-7-21-12-5-3-4-11(17)8-12/h3-5,8-10H,2,6-7H2,1H3. The van der Waals surface area contributed by atoms with Crippen LogP contribution in [0.1, 0.15) is 11.8 Å². The molecule has 0 atom stereocenters. The Morgan fingerprint density at radius 1 is 1.36 bits per heavy atom. The summed E-state index contributed by atoms with van der Waals surface area (Å²) in [6.07, 6.45) is 2.50. The maximum absolute atomic E-state index is 12.4. The highest BCUT2D eigenvalue weighted by molar-refractivity contribution is 7.18. The first-order valence-electron chi connectivity index (χ1n) is 7.03. The molecule has 0 unspecified atom stereocenters. The van der Waals surface area contributed by atoms with Gasteiger partial charge in [-0.1, -0.05) is 24.6 Å². The molecule has 22 heavy (non-hydrogen) atoms. The number of fused-ring (bicyclic) bond motifs is 1. The van der Waals surface area contributed by atoms with E-state index in [0.29, 0.717) is 29.3 Å². The zero-order valence-corrected chi connectivity index (χ0v) is 13.7. The summed E-state index contributed by atoms with van der Waals surface area (Å²) in [5, 5.41) is 1.32. The van der Waals surface area contributed by atoms with Crippen molar-refractivity contribution < 1.29 is 4.74 Å². The van der Waals surface area contributed by atoms with Gasteiger partial charge in [0.25, 0.3) is 5.56 Å². The summed E-state index contributed by atoms with van der Waals surface area (Å²) in [4.78, 5) is 18.7. The summed E-state index contributed by atoms with van der Waals surface area (Å²) in [7, 11) is 0. The maximum atomic E-state index is 12.4. The Bertz CT molecular complexity index is 857. The predicted molar refractivity (Wildman–Crippen MR) is 90.2 cm³/mol. The highest BCUT2D eigenvalue weighted by Gasteiger charge is 2.08. The van der Waals surface area contributed by atoms with Crippen molar-refractivity contribution in [1.82, 2.24) is 9.55 Å². The van der Waals surface area contributed by atoms with Crippen LogP contribution in [0.2, 0.25) is 5.02 Å². The van der Waals surface area contributed by atoms with Gasteiger partial charge in [0.05, 0.1) is 18.3 Å². The van der Waals surface area contributed by atoms with Crippen molar-refractivity contribution in [2.45, 2.75) is 19.9 Å². The molecular weight excluding hydrogens is 320 g/mol. The Morgan fingerprint density at radius 2 is 2.23 bits per heavy atom. The molecule has 0 saturated heterocycles. The van der Waals surface area contributed by atoms with Crippen LogP contribution < -0.4 is 10.3 Å². The van der Waals surface area contributed by atoms with E-state index in [4.69, 9.17) is 16.3 Å². The lowest BCUT2D eigenvalue weighted by Gasteiger charge is -2.08. The smallest absolute Gasteiger partial charge is 0.262 e. The molecule has 0 aliphatic heterocycles. The van der Waals surface area contributed by atoms with Crippen LogP contribution >= 0.6 is 22.9 Å². The monoisotopic (exact) mass is 334 g/mol. The minimum Gasteiger partial charge on any atom is -0.492 e. The molecule has 2 heterocycles. The Hall–Kier alpha value is -1.85. The number of hydrogen-bond acceptors (Lipinski definition) is 4. The SMILES string of the molecule is CCc1cc2c(=O)n(CCOc3cccc(Cl)c3)cnc2s1. The summed E-state index contributed by atoms with van der Waals surface area (Å²) < 4.78 is 7.20. The summed E-state index contributed by atoms with van der Waals surface area (Å²) in [5.74, 6) is 0.693. The molecule has 3 aromatic rings. The van der Waals surface area contributed by atoms with E-state index in [1.165, 1.54) is 4.88 Å². The van der Waals surface area contributed by atoms with E-state index < -0.39 is 0 Å². The third-order valence-corrected chi connectivity index (χ3v) is 4.74. The van der Waals surface area contributed by atoms with Crippen molar-refractivity contribution in [1.29, 1.82) is 0 Å². The topological polar surface area (TPSA) is 44.1 Å². The number of aromatic nitrogens is 2. The van der Waals surface area contributed by atoms with Gasteiger partial charge in [-0.25, -0.2) is 4.98 Å². The number of nitrogens with zero attached hydrogens (tertiary/aromatic N) is 2. The van der Waals surface area contributed by atoms with Gasteiger partial charge < -0.3 is 4.74 Å². The number of benzene rings is 1. The van der Waals surface area contributed by atoms with Gasteiger partial charge in [-0.2, -0.15) is 0 Å². The van der Waals surface area contributed by atoms with E-state index in [2.05, 4.69) is 11.9 Å². The van der Waals surface area contributed by atoms with Gasteiger partial charge in [0, 0.05) is 9.90 Å². The summed E-state index contributed by atoms with van der Waals surface area (Å²) in [6.45, 7) is 2.91. The van der Waals surface area contributed by atoms with Crippen LogP contribution in [-0.2, 0) is 13.0 Å². The Morgan fingerprint density at radius 3 is 3.00 bits per heavy atom. The highest BCUT2D eigenvalue weighted by atomic mass is 35.5. The van der Waals surface area contributed by atoms with Gasteiger partial charge in [0.1, 0.15) is 17.2 Å². The first-order valence-corrected chi connectivity index (χ1v) is 8.23. The van der Waals surface area contributed by atoms with Crippen LogP contribution in [0.5, 0.6) is 5.75 Å². The van der Waals surface area contributed by atoms with Crippen LogP contribution in [0.25, 0.3) is 10.2 Å². The van der Waals surface area contributed by atoms with Gasteiger partial charge in [-0.15, -0.1) is 11.3 Å². The average molecular weight is 335 g/mol. The fourth-order valence-corrected chi connectivity index (χ4v) is 3.27. The Balaban J connectivity index is 1.74. The van der Waals surface area contributed by atoms with Gasteiger partial charge in [0.15, 0.2) is 0 Å². The number of hydrogen-bond donors (Lipinski definition) is 0. The van der Waals surface area contributed by atoms with Gasteiger partial charge >= 0.3 is 0 Å². The fraction of sp³-hybridized carbons (Fsp3) is 0.250. The number of halogens is 1. The molecule has 4 nitrogen and oxygen atoms in total. The lowest BCUT2D eigenvalue weighted by molar-refractivity contribution is 0.296. The van der Waals surface area contributed by atoms with Gasteiger partial charge in [-0.3, -0.25) is 9.36 Å². The molecule has 0 spiro atoms. The van der Waals surface area contributed by atoms with Crippen LogP contribution in [0.3, 0.4) is 0 Å². The first kappa shape index (κ1) is 15.1. The molecule has 0 fully saturated rings. The molecule has 0 aliphatic rings. The second-order valence-corrected chi connectivity index (χ2v) is 6.39. The van der Waals surface area contributed by atoms with Crippen LogP contribution in [-0.4, -0.2) is 16.2 Å². The lowest BCUT2D eigenvalue weighted by atomic mass is 10.3. The Labute approximate surface area is 136 Å². The van der Waals surface area contributed by atoms with Crippen LogP contribution in [0.15, 0.2) is 41.5 Å². The van der Waals surface area contributed by atoms with Gasteiger partial charge in [-0.05, 0) is 30.7 Å². The van der Waals surface area contributed by atoms with Crippen LogP contribution in [0, 0.1) is 0 Å². The molecule has 0 aliphatic carbocycles. The molecule has 0 bridgehead atoms. The molecule has 2 aromatic heterocycles. The summed E-state index contributed by atoms with van der Waals surface area (Å²) in [6, 6.07) is 9.14. The highest BCUT2D eigenvalue weighted by Crippen LogP contribution is 2.21. The fourth-order valence-electron chi connectivity index (χ4n) is 2.16. The Kier molecular flexibility index (Phi) is 4.45. The van der Waals surface area contributed by atoms with Crippen molar-refractivity contribution in [2.24, 2.45) is 0 Å². The van der Waals surface area contributed by atoms with Crippen molar-refractivity contribution in [2.75, 3.05) is 6.61 Å². The van der Waals surface area contributed by atoms with Crippen molar-refractivity contribution >= 4 is 33.2 Å². The van der Waals surface area contributed by atoms with E-state index in [1.807, 2.05) is 18.2 Å². The summed E-state index contributed by atoms with van der Waals surface area (Å²) in [5.41, 5.74) is -0.0179. The zero-order chi connectivity index (χ0) is 15.5. The molecule has 0 saturated carbocycles. The number of ether oxygens (including phenoxy) is 1. The van der Waals surface area contributed by atoms with Gasteiger partial charge in [0.2, 0.25) is 0 Å². The van der Waals surface area contributed by atoms with Crippen molar-refractivity contribution in [3.05, 3.63) is 56.9 Å². The normalized spacial score (nSPS) is 11.0. The average Bonchev–Trinajstić information content (AvgIpc) is 2.94. The molecule has 114 valence electrons. The lowest BCUT2D eigenvalue weighted by Crippen LogP contribution is -2.23. The largest absolute Gasteiger partial charge is 0.492 e. The third-order valence-electron chi connectivity index (χ3n) is 3.31. The molecular formula is C16H15ClN2O2S. The minimum absolute atomic E-state index is 0.0179. The second-order valence-electron chi connectivity index (χ2n) is 4.83. The molecule has 0 N–H and O–H groups in total. The quantitative estimate of drug-likeness (QED) is 0.713. The second kappa shape index (κ2) is 6.50. The van der Waals surface area contributed by atoms with E-state index in [1.54, 1.807) is 34.4 Å². The van der Waals surface area contributed by atoms with Crippen molar-refractivity contribution in [3.8, 4) is 5.75 Å². The van der Waals surface area contributed by atoms with E-state index >= 15 is 0 Å². The van der Waals surface area contributed by atoms with Crippen molar-refractivity contribution in [3.63, 3.8) is 0 Å². The molecule has 0 radical (unpaired) electrons. The van der Waals surface area contributed by atoms with E-state index in [9.17, 15) is 4.79 Å². The molecule has 1 aromatic carbocycles. The molecule has 6 heteroatoms. The minimum atomic E-state index is -0.0179.